The van der Waals surface area contributed by atoms with Gasteiger partial charge in [-0.2, -0.15) is 5.26 Å². The van der Waals surface area contributed by atoms with Gasteiger partial charge in [0, 0.05) is 35.0 Å². The number of nitrogens with one attached hydrogen (secondary N) is 2. The number of nitriles is 1. The molecule has 0 aliphatic carbocycles. The predicted molar refractivity (Wildman–Crippen MR) is 118 cm³/mol. The van der Waals surface area contributed by atoms with Crippen molar-refractivity contribution < 1.29 is 18.1 Å². The Balaban J connectivity index is 1.75. The molecule has 1 heterocycles. The van der Waals surface area contributed by atoms with E-state index in [2.05, 4.69) is 10.3 Å². The summed E-state index contributed by atoms with van der Waals surface area (Å²) < 4.78 is 25.4. The van der Waals surface area contributed by atoms with Crippen LogP contribution in [-0.4, -0.2) is 24.4 Å². The number of rotatable bonds is 7. The van der Waals surface area contributed by atoms with Gasteiger partial charge in [0.1, 0.15) is 16.6 Å². The molecule has 0 bridgehead atoms. The summed E-state index contributed by atoms with van der Waals surface area (Å²) in [5, 5.41) is 25.3. The predicted octanol–water partition coefficient (Wildman–Crippen LogP) is 3.05. The van der Waals surface area contributed by atoms with Gasteiger partial charge in [0.05, 0.1) is 15.5 Å². The highest BCUT2D eigenvalue weighted by atomic mass is 32.2. The first-order valence-electron chi connectivity index (χ1n) is 8.69. The molecule has 32 heavy (non-hydrogen) atoms. The largest absolute Gasteiger partial charge is 0.360 e. The molecule has 0 saturated heterocycles. The monoisotopic (exact) mass is 470 g/mol. The lowest BCUT2D eigenvalue weighted by atomic mass is 10.1. The summed E-state index contributed by atoms with van der Waals surface area (Å²) in [7, 11) is -4.05. The molecule has 11 nitrogen and oxygen atoms in total. The first-order chi connectivity index (χ1) is 15.2. The van der Waals surface area contributed by atoms with Crippen LogP contribution in [0.2, 0.25) is 0 Å². The Morgan fingerprint density at radius 2 is 1.84 bits per heavy atom. The molecule has 0 aliphatic heterocycles. The minimum Gasteiger partial charge on any atom is -0.360 e. The zero-order valence-corrected chi connectivity index (χ0v) is 17.7. The molecule has 1 aromatic heterocycles. The van der Waals surface area contributed by atoms with Gasteiger partial charge in [0.25, 0.3) is 15.7 Å². The number of primary amides is 1. The Kier molecular flexibility index (Phi) is 6.47. The van der Waals surface area contributed by atoms with Crippen molar-refractivity contribution in [1.82, 2.24) is 9.71 Å². The number of nitrogens with zero attached hydrogens (tertiary/aromatic N) is 3. The lowest BCUT2D eigenvalue weighted by molar-refractivity contribution is -0.384. The van der Waals surface area contributed by atoms with E-state index in [9.17, 15) is 28.6 Å². The number of anilines is 1. The van der Waals surface area contributed by atoms with E-state index in [1.54, 1.807) is 22.2 Å². The number of thiazole rings is 1. The van der Waals surface area contributed by atoms with E-state index in [4.69, 9.17) is 5.73 Å². The van der Waals surface area contributed by atoms with Gasteiger partial charge in [0.2, 0.25) is 0 Å². The van der Waals surface area contributed by atoms with E-state index in [1.165, 1.54) is 53.9 Å². The maximum Gasteiger partial charge on any atom is 0.326 e. The van der Waals surface area contributed by atoms with Gasteiger partial charge in [-0.1, -0.05) is 0 Å². The number of nitro benzene ring substituents is 1. The highest BCUT2D eigenvalue weighted by Crippen LogP contribution is 2.27. The second-order valence-corrected chi connectivity index (χ2v) is 8.69. The summed E-state index contributed by atoms with van der Waals surface area (Å²) >= 11 is 1.23. The number of sulfonamides is 1. The number of benzene rings is 2. The first-order valence-corrected chi connectivity index (χ1v) is 11.1. The molecule has 4 N–H and O–H groups in total. The molecular weight excluding hydrogens is 456 g/mol. The van der Waals surface area contributed by atoms with Crippen LogP contribution >= 0.6 is 11.3 Å². The number of allylic oxidation sites excluding steroid dienone is 1. The summed E-state index contributed by atoms with van der Waals surface area (Å²) in [6, 6.07) is 12.2. The third-order valence-corrected chi connectivity index (χ3v) is 6.25. The molecule has 0 atom stereocenters. The minimum absolute atomic E-state index is 0.0322. The molecule has 0 fully saturated rings. The summed E-state index contributed by atoms with van der Waals surface area (Å²) in [6.07, 6.45) is 1.42. The number of nitrogens with two attached hydrogens (primary N) is 1. The Hall–Kier alpha value is -4.28. The molecule has 0 aliphatic rings. The highest BCUT2D eigenvalue weighted by molar-refractivity contribution is 7.90. The van der Waals surface area contributed by atoms with Crippen LogP contribution in [-0.2, 0) is 10.0 Å². The van der Waals surface area contributed by atoms with Gasteiger partial charge in [-0.3, -0.25) is 10.1 Å². The van der Waals surface area contributed by atoms with Gasteiger partial charge >= 0.3 is 6.03 Å². The Labute approximate surface area is 186 Å². The summed E-state index contributed by atoms with van der Waals surface area (Å²) in [4.78, 5) is 25.3. The number of aromatic nitrogens is 1. The SMILES string of the molecule is N#C/C(=C\Nc1ccc(S(=O)(=O)NC(N)=O)cc1)c1nc(-c2ccc([N+](=O)[O-])cc2)cs1. The summed E-state index contributed by atoms with van der Waals surface area (Å²) in [5.74, 6) is 0. The van der Waals surface area contributed by atoms with Crippen molar-refractivity contribution in [3.63, 3.8) is 0 Å². The Bertz CT molecular complexity index is 1340. The van der Waals surface area contributed by atoms with E-state index >= 15 is 0 Å². The number of amides is 2. The molecule has 2 amide bonds. The molecule has 162 valence electrons. The molecule has 0 saturated carbocycles. The van der Waals surface area contributed by atoms with Crippen LogP contribution < -0.4 is 15.8 Å². The fraction of sp³-hybridized carbons (Fsp3) is 0. The number of carbonyl (C=O) groups excluding carboxylic acids is 1. The summed E-state index contributed by atoms with van der Waals surface area (Å²) in [5.41, 5.74) is 6.77. The maximum atomic E-state index is 11.9. The standard InChI is InChI=1S/C19H14N6O5S2/c20-9-13(10-22-14-3-7-16(8-4-14)32(29,30)24-19(21)26)18-23-17(11-31-18)12-1-5-15(6-2-12)25(27)28/h1-8,10-11,22H,(H3,21,24,26)/b13-10+. The van der Waals surface area contributed by atoms with Crippen molar-refractivity contribution in [2.24, 2.45) is 5.73 Å². The van der Waals surface area contributed by atoms with E-state index in [1.807, 2.05) is 6.07 Å². The average molecular weight is 470 g/mol. The average Bonchev–Trinajstić information content (AvgIpc) is 3.24. The maximum absolute atomic E-state index is 11.9. The smallest absolute Gasteiger partial charge is 0.326 e. The van der Waals surface area contributed by atoms with Crippen LogP contribution in [0.3, 0.4) is 0 Å². The highest BCUT2D eigenvalue weighted by Gasteiger charge is 2.15. The Morgan fingerprint density at radius 1 is 1.19 bits per heavy atom. The van der Waals surface area contributed by atoms with Crippen molar-refractivity contribution in [2.45, 2.75) is 4.90 Å². The molecule has 0 radical (unpaired) electrons. The zero-order chi connectivity index (χ0) is 23.3. The number of nitro groups is 1. The fourth-order valence-electron chi connectivity index (χ4n) is 2.50. The lowest BCUT2D eigenvalue weighted by Gasteiger charge is -2.06. The molecular formula is C19H14N6O5S2. The van der Waals surface area contributed by atoms with Crippen LogP contribution in [0.25, 0.3) is 16.8 Å². The minimum atomic E-state index is -4.05. The zero-order valence-electron chi connectivity index (χ0n) is 16.1. The van der Waals surface area contributed by atoms with Gasteiger partial charge in [-0.25, -0.2) is 22.9 Å². The molecule has 0 unspecified atom stereocenters. The fourth-order valence-corrected chi connectivity index (χ4v) is 4.17. The number of carbonyl (C=O) groups is 1. The van der Waals surface area contributed by atoms with Gasteiger partial charge < -0.3 is 11.1 Å². The van der Waals surface area contributed by atoms with Crippen molar-refractivity contribution in [2.75, 3.05) is 5.32 Å². The molecule has 3 rings (SSSR count). The van der Waals surface area contributed by atoms with Crippen LogP contribution in [0.4, 0.5) is 16.2 Å². The van der Waals surface area contributed by atoms with Crippen LogP contribution in [0.1, 0.15) is 5.01 Å². The Morgan fingerprint density at radius 3 is 2.41 bits per heavy atom. The molecule has 13 heteroatoms. The van der Waals surface area contributed by atoms with Gasteiger partial charge in [-0.15, -0.1) is 11.3 Å². The van der Waals surface area contributed by atoms with E-state index in [0.29, 0.717) is 22.0 Å². The number of hydrogen-bond acceptors (Lipinski definition) is 9. The van der Waals surface area contributed by atoms with Crippen molar-refractivity contribution in [3.8, 4) is 17.3 Å². The molecule has 0 spiro atoms. The second-order valence-electron chi connectivity index (χ2n) is 6.15. The van der Waals surface area contributed by atoms with E-state index in [0.717, 1.165) is 0 Å². The molecule has 2 aromatic carbocycles. The summed E-state index contributed by atoms with van der Waals surface area (Å²) in [6.45, 7) is 0. The van der Waals surface area contributed by atoms with E-state index in [-0.39, 0.29) is 16.2 Å². The van der Waals surface area contributed by atoms with Crippen molar-refractivity contribution in [3.05, 3.63) is 75.2 Å². The third kappa shape index (κ3) is 5.25. The van der Waals surface area contributed by atoms with Crippen molar-refractivity contribution in [1.29, 1.82) is 5.26 Å². The van der Waals surface area contributed by atoms with E-state index < -0.39 is 21.0 Å². The third-order valence-electron chi connectivity index (χ3n) is 4.01. The van der Waals surface area contributed by atoms with Gasteiger partial charge in [-0.05, 0) is 36.4 Å². The first kappa shape index (κ1) is 22.4. The second kappa shape index (κ2) is 9.25. The normalized spacial score (nSPS) is 11.4. The number of hydrogen-bond donors (Lipinski definition) is 3. The van der Waals surface area contributed by atoms with Crippen LogP contribution in [0.5, 0.6) is 0 Å². The quantitative estimate of drug-likeness (QED) is 0.267. The molecule has 3 aromatic rings. The van der Waals surface area contributed by atoms with Crippen molar-refractivity contribution >= 4 is 44.3 Å². The number of urea groups is 1. The lowest BCUT2D eigenvalue weighted by Crippen LogP contribution is -2.34. The van der Waals surface area contributed by atoms with Gasteiger partial charge in [0.15, 0.2) is 0 Å². The van der Waals surface area contributed by atoms with Crippen LogP contribution in [0, 0.1) is 21.4 Å². The van der Waals surface area contributed by atoms with Crippen LogP contribution in [0.15, 0.2) is 65.0 Å². The topological polar surface area (TPSA) is 181 Å². The number of non-ortho nitro benzene ring substituents is 1.